The highest BCUT2D eigenvalue weighted by molar-refractivity contribution is 9.10. The fraction of sp³-hybridized carbons (Fsp3) is 0.238. The van der Waals surface area contributed by atoms with Crippen molar-refractivity contribution in [2.24, 2.45) is 5.10 Å². The number of carbonyl (C=O) groups is 1. The van der Waals surface area contributed by atoms with Gasteiger partial charge in [-0.05, 0) is 45.0 Å². The van der Waals surface area contributed by atoms with Gasteiger partial charge in [-0.3, -0.25) is 14.9 Å². The second kappa shape index (κ2) is 9.69. The molecule has 0 aliphatic rings. The van der Waals surface area contributed by atoms with E-state index in [9.17, 15) is 19.7 Å². The van der Waals surface area contributed by atoms with Crippen LogP contribution >= 0.6 is 15.9 Å². The quantitative estimate of drug-likeness (QED) is 0.209. The number of halogens is 1. The van der Waals surface area contributed by atoms with E-state index >= 15 is 0 Å². The smallest absolute Gasteiger partial charge is 0.344 e. The molecule has 3 aromatic rings. The van der Waals surface area contributed by atoms with Gasteiger partial charge >= 0.3 is 5.97 Å². The number of non-ortho nitro benzene ring substituents is 1. The Kier molecular flexibility index (Phi) is 6.98. The molecular weight excluding hydrogens is 484 g/mol. The van der Waals surface area contributed by atoms with Gasteiger partial charge in [-0.2, -0.15) is 9.78 Å². The predicted molar refractivity (Wildman–Crippen MR) is 121 cm³/mol. The number of hydrogen-bond acceptors (Lipinski definition) is 8. The Bertz CT molecular complexity index is 1290. The SMILES string of the molecule is Cc1nc2ccc(Br)cc2c(=O)n1N=Cc1cc([N+](=O)[O-])ccc1OCC(=O)OC(C)C. The van der Waals surface area contributed by atoms with Gasteiger partial charge in [0.2, 0.25) is 0 Å². The summed E-state index contributed by atoms with van der Waals surface area (Å²) in [5.41, 5.74) is 0.119. The van der Waals surface area contributed by atoms with Crippen molar-refractivity contribution in [1.82, 2.24) is 9.66 Å². The highest BCUT2D eigenvalue weighted by atomic mass is 79.9. The number of ether oxygens (including phenoxy) is 2. The number of benzene rings is 2. The first-order valence-electron chi connectivity index (χ1n) is 9.49. The molecule has 0 saturated carbocycles. The molecule has 0 fully saturated rings. The molecule has 32 heavy (non-hydrogen) atoms. The van der Waals surface area contributed by atoms with Gasteiger partial charge in [0.15, 0.2) is 6.61 Å². The van der Waals surface area contributed by atoms with E-state index in [1.807, 2.05) is 0 Å². The van der Waals surface area contributed by atoms with Gasteiger partial charge in [0.05, 0.1) is 28.1 Å². The Morgan fingerprint density at radius 2 is 2.06 bits per heavy atom. The zero-order chi connectivity index (χ0) is 23.4. The topological polar surface area (TPSA) is 126 Å². The summed E-state index contributed by atoms with van der Waals surface area (Å²) in [4.78, 5) is 39.7. The number of aryl methyl sites for hydroxylation is 1. The van der Waals surface area contributed by atoms with Crippen molar-refractivity contribution in [3.8, 4) is 5.75 Å². The molecule has 0 saturated heterocycles. The van der Waals surface area contributed by atoms with E-state index in [1.54, 1.807) is 39.0 Å². The third-order valence-corrected chi connectivity index (χ3v) is 4.69. The summed E-state index contributed by atoms with van der Waals surface area (Å²) < 4.78 is 12.3. The third-order valence-electron chi connectivity index (χ3n) is 4.20. The zero-order valence-electron chi connectivity index (χ0n) is 17.4. The minimum atomic E-state index is -0.586. The van der Waals surface area contributed by atoms with Crippen molar-refractivity contribution >= 4 is 44.7 Å². The lowest BCUT2D eigenvalue weighted by molar-refractivity contribution is -0.384. The fourth-order valence-electron chi connectivity index (χ4n) is 2.83. The first-order chi connectivity index (χ1) is 15.2. The van der Waals surface area contributed by atoms with E-state index < -0.39 is 16.5 Å². The average Bonchev–Trinajstić information content (AvgIpc) is 2.72. The number of aromatic nitrogens is 2. The molecule has 10 nitrogen and oxygen atoms in total. The number of nitro benzene ring substituents is 1. The van der Waals surface area contributed by atoms with E-state index in [-0.39, 0.29) is 29.7 Å². The molecule has 1 heterocycles. The second-order valence-corrected chi connectivity index (χ2v) is 7.90. The molecule has 0 bridgehead atoms. The van der Waals surface area contributed by atoms with Crippen molar-refractivity contribution in [2.45, 2.75) is 26.9 Å². The third kappa shape index (κ3) is 5.35. The molecule has 2 aromatic carbocycles. The van der Waals surface area contributed by atoms with Crippen LogP contribution in [0.5, 0.6) is 5.75 Å². The van der Waals surface area contributed by atoms with E-state index in [0.717, 1.165) is 4.68 Å². The van der Waals surface area contributed by atoms with Crippen molar-refractivity contribution in [3.05, 3.63) is 72.7 Å². The molecule has 0 spiro atoms. The van der Waals surface area contributed by atoms with Crippen LogP contribution in [0.4, 0.5) is 5.69 Å². The fourth-order valence-corrected chi connectivity index (χ4v) is 3.19. The van der Waals surface area contributed by atoms with E-state index in [2.05, 4.69) is 26.0 Å². The lowest BCUT2D eigenvalue weighted by Crippen LogP contribution is -2.21. The summed E-state index contributed by atoms with van der Waals surface area (Å²) in [6.45, 7) is 4.64. The van der Waals surface area contributed by atoms with Crippen LogP contribution in [0.2, 0.25) is 0 Å². The summed E-state index contributed by atoms with van der Waals surface area (Å²) >= 11 is 3.33. The van der Waals surface area contributed by atoms with Crippen molar-refractivity contribution in [2.75, 3.05) is 6.61 Å². The second-order valence-electron chi connectivity index (χ2n) is 6.99. The molecule has 0 unspecified atom stereocenters. The van der Waals surface area contributed by atoms with Crippen LogP contribution in [0.15, 0.2) is 50.8 Å². The summed E-state index contributed by atoms with van der Waals surface area (Å²) in [5.74, 6) is -0.0886. The number of hydrogen-bond donors (Lipinski definition) is 0. The number of esters is 1. The number of nitro groups is 1. The number of carbonyl (C=O) groups excluding carboxylic acids is 1. The largest absolute Gasteiger partial charge is 0.481 e. The molecular formula is C21H19BrN4O6. The molecule has 0 amide bonds. The Morgan fingerprint density at radius 3 is 2.75 bits per heavy atom. The molecule has 0 aliphatic carbocycles. The minimum Gasteiger partial charge on any atom is -0.481 e. The first-order valence-corrected chi connectivity index (χ1v) is 10.3. The van der Waals surface area contributed by atoms with E-state index in [4.69, 9.17) is 9.47 Å². The molecule has 166 valence electrons. The molecule has 1 aromatic heterocycles. The maximum atomic E-state index is 12.9. The average molecular weight is 503 g/mol. The number of fused-ring (bicyclic) bond motifs is 1. The van der Waals surface area contributed by atoms with Gasteiger partial charge in [-0.15, -0.1) is 0 Å². The molecule has 11 heteroatoms. The molecule has 0 atom stereocenters. The van der Waals surface area contributed by atoms with Gasteiger partial charge in [0.1, 0.15) is 11.6 Å². The lowest BCUT2D eigenvalue weighted by Gasteiger charge is -2.11. The van der Waals surface area contributed by atoms with Gasteiger partial charge in [0.25, 0.3) is 11.2 Å². The number of nitrogens with zero attached hydrogens (tertiary/aromatic N) is 4. The Hall–Kier alpha value is -3.60. The zero-order valence-corrected chi connectivity index (χ0v) is 19.0. The van der Waals surface area contributed by atoms with Crippen molar-refractivity contribution in [1.29, 1.82) is 0 Å². The number of rotatable bonds is 7. The molecule has 0 aliphatic heterocycles. The van der Waals surface area contributed by atoms with Crippen LogP contribution in [0.25, 0.3) is 10.9 Å². The van der Waals surface area contributed by atoms with Crippen LogP contribution in [0.3, 0.4) is 0 Å². The summed E-state index contributed by atoms with van der Waals surface area (Å²) in [6.07, 6.45) is 0.940. The highest BCUT2D eigenvalue weighted by Gasteiger charge is 2.14. The van der Waals surface area contributed by atoms with Gasteiger partial charge in [-0.1, -0.05) is 15.9 Å². The van der Waals surface area contributed by atoms with Gasteiger partial charge in [-0.25, -0.2) is 9.78 Å². The maximum absolute atomic E-state index is 12.9. The van der Waals surface area contributed by atoms with Crippen LogP contribution in [-0.4, -0.2) is 39.5 Å². The normalized spacial score (nSPS) is 11.3. The van der Waals surface area contributed by atoms with Gasteiger partial charge in [0, 0.05) is 22.2 Å². The van der Waals surface area contributed by atoms with Crippen LogP contribution in [-0.2, 0) is 9.53 Å². The van der Waals surface area contributed by atoms with Gasteiger partial charge < -0.3 is 9.47 Å². The Morgan fingerprint density at radius 1 is 1.31 bits per heavy atom. The summed E-state index contributed by atoms with van der Waals surface area (Å²) in [5, 5.41) is 15.7. The molecule has 0 radical (unpaired) electrons. The molecule has 0 N–H and O–H groups in total. The van der Waals surface area contributed by atoms with Crippen LogP contribution < -0.4 is 10.3 Å². The van der Waals surface area contributed by atoms with E-state index in [0.29, 0.717) is 21.2 Å². The van der Waals surface area contributed by atoms with Crippen LogP contribution in [0, 0.1) is 17.0 Å². The standard InChI is InChI=1S/C21H19BrN4O6/c1-12(2)32-20(27)11-31-19-7-5-16(26(29)30)8-14(19)10-23-25-13(3)24-18-6-4-15(22)9-17(18)21(25)28/h4-10,12H,11H2,1-3H3. The summed E-state index contributed by atoms with van der Waals surface area (Å²) in [7, 11) is 0. The summed E-state index contributed by atoms with van der Waals surface area (Å²) in [6, 6.07) is 8.96. The van der Waals surface area contributed by atoms with Crippen molar-refractivity contribution < 1.29 is 19.2 Å². The van der Waals surface area contributed by atoms with Crippen LogP contribution in [0.1, 0.15) is 25.2 Å². The van der Waals surface area contributed by atoms with Crippen molar-refractivity contribution in [3.63, 3.8) is 0 Å². The molecule has 3 rings (SSSR count). The Labute approximate surface area is 190 Å². The van der Waals surface area contributed by atoms with E-state index in [1.165, 1.54) is 24.4 Å². The monoisotopic (exact) mass is 502 g/mol. The lowest BCUT2D eigenvalue weighted by atomic mass is 10.2. The maximum Gasteiger partial charge on any atom is 0.344 e. The predicted octanol–water partition coefficient (Wildman–Crippen LogP) is 3.59. The Balaban J connectivity index is 1.99. The highest BCUT2D eigenvalue weighted by Crippen LogP contribution is 2.23. The first kappa shape index (κ1) is 23.1. The minimum absolute atomic E-state index is 0.169.